The third-order valence-electron chi connectivity index (χ3n) is 2.56. The van der Waals surface area contributed by atoms with Crippen LogP contribution in [0.25, 0.3) is 0 Å². The van der Waals surface area contributed by atoms with Crippen LogP contribution in [-0.2, 0) is 0 Å². The molecule has 0 saturated heterocycles. The predicted octanol–water partition coefficient (Wildman–Crippen LogP) is 2.05. The SMILES string of the molecule is [C]1=C\CCC2C=CC=CC2CN/1. The van der Waals surface area contributed by atoms with Crippen LogP contribution in [0.15, 0.2) is 30.4 Å². The van der Waals surface area contributed by atoms with Gasteiger partial charge in [0.15, 0.2) is 0 Å². The van der Waals surface area contributed by atoms with Gasteiger partial charge in [-0.1, -0.05) is 30.4 Å². The van der Waals surface area contributed by atoms with Crippen LogP contribution in [0.1, 0.15) is 12.8 Å². The van der Waals surface area contributed by atoms with Crippen LogP contribution < -0.4 is 5.32 Å². The summed E-state index contributed by atoms with van der Waals surface area (Å²) in [4.78, 5) is 0. The molecule has 0 aromatic rings. The fourth-order valence-electron chi connectivity index (χ4n) is 1.83. The van der Waals surface area contributed by atoms with Crippen molar-refractivity contribution in [3.05, 3.63) is 36.6 Å². The van der Waals surface area contributed by atoms with E-state index < -0.39 is 0 Å². The first-order valence-electron chi connectivity index (χ1n) is 4.62. The summed E-state index contributed by atoms with van der Waals surface area (Å²) in [6.45, 7) is 1.03. The van der Waals surface area contributed by atoms with E-state index in [0.717, 1.165) is 18.9 Å². The maximum absolute atomic E-state index is 3.20. The van der Waals surface area contributed by atoms with Gasteiger partial charge in [-0.3, -0.25) is 0 Å². The smallest absolute Gasteiger partial charge is 0.0532 e. The maximum Gasteiger partial charge on any atom is 0.0532 e. The molecule has 1 heterocycles. The van der Waals surface area contributed by atoms with Gasteiger partial charge in [-0.2, -0.15) is 0 Å². The molecule has 2 aliphatic rings. The van der Waals surface area contributed by atoms with Gasteiger partial charge < -0.3 is 5.32 Å². The van der Waals surface area contributed by atoms with Crippen LogP contribution in [0.3, 0.4) is 0 Å². The van der Waals surface area contributed by atoms with Gasteiger partial charge in [-0.05, 0) is 18.8 Å². The first-order chi connectivity index (χ1) is 5.97. The van der Waals surface area contributed by atoms with Crippen LogP contribution >= 0.6 is 0 Å². The summed E-state index contributed by atoms with van der Waals surface area (Å²) in [5.41, 5.74) is 0. The third-order valence-corrected chi connectivity index (χ3v) is 2.56. The quantitative estimate of drug-likeness (QED) is 0.572. The molecule has 1 nitrogen and oxygen atoms in total. The van der Waals surface area contributed by atoms with Gasteiger partial charge in [-0.25, -0.2) is 0 Å². The van der Waals surface area contributed by atoms with Crippen molar-refractivity contribution in [3.63, 3.8) is 0 Å². The number of nitrogens with one attached hydrogen (secondary N) is 1. The number of rotatable bonds is 0. The Kier molecular flexibility index (Phi) is 2.31. The number of allylic oxidation sites excluding steroid dienone is 4. The van der Waals surface area contributed by atoms with E-state index in [1.165, 1.54) is 6.42 Å². The van der Waals surface area contributed by atoms with E-state index in [1.807, 2.05) is 0 Å². The van der Waals surface area contributed by atoms with Crippen LogP contribution in [0.4, 0.5) is 0 Å². The van der Waals surface area contributed by atoms with Crippen molar-refractivity contribution in [1.29, 1.82) is 0 Å². The monoisotopic (exact) mass is 160 g/mol. The molecular formula is C11H14N. The molecule has 0 saturated carbocycles. The molecule has 1 radical (unpaired) electrons. The Balaban J connectivity index is 2.07. The van der Waals surface area contributed by atoms with Crippen LogP contribution in [0.5, 0.6) is 0 Å². The molecule has 0 fully saturated rings. The lowest BCUT2D eigenvalue weighted by Gasteiger charge is -2.24. The molecule has 1 N–H and O–H groups in total. The molecule has 0 bridgehead atoms. The lowest BCUT2D eigenvalue weighted by molar-refractivity contribution is 0.423. The van der Waals surface area contributed by atoms with Crippen molar-refractivity contribution in [1.82, 2.24) is 5.32 Å². The van der Waals surface area contributed by atoms with Crippen molar-refractivity contribution >= 4 is 0 Å². The molecule has 63 valence electrons. The second kappa shape index (κ2) is 3.61. The second-order valence-electron chi connectivity index (χ2n) is 3.40. The van der Waals surface area contributed by atoms with Gasteiger partial charge in [0, 0.05) is 12.5 Å². The van der Waals surface area contributed by atoms with E-state index in [1.54, 1.807) is 0 Å². The summed E-state index contributed by atoms with van der Waals surface area (Å²) in [7, 11) is 0. The predicted molar refractivity (Wildman–Crippen MR) is 50.3 cm³/mol. The molecule has 0 aromatic carbocycles. The first kappa shape index (κ1) is 7.66. The highest BCUT2D eigenvalue weighted by atomic mass is 14.8. The van der Waals surface area contributed by atoms with Gasteiger partial charge in [0.2, 0.25) is 0 Å². The Bertz CT molecular complexity index is 201. The van der Waals surface area contributed by atoms with E-state index >= 15 is 0 Å². The van der Waals surface area contributed by atoms with E-state index in [-0.39, 0.29) is 0 Å². The average Bonchev–Trinajstić information content (AvgIpc) is 2.06. The molecule has 1 aliphatic heterocycles. The van der Waals surface area contributed by atoms with E-state index in [9.17, 15) is 0 Å². The fourth-order valence-corrected chi connectivity index (χ4v) is 1.83. The second-order valence-corrected chi connectivity index (χ2v) is 3.40. The minimum atomic E-state index is 0.677. The summed E-state index contributed by atoms with van der Waals surface area (Å²) in [6.07, 6.45) is 16.5. The van der Waals surface area contributed by atoms with Crippen molar-refractivity contribution in [2.45, 2.75) is 12.8 Å². The number of fused-ring (bicyclic) bond motifs is 1. The molecule has 0 aromatic heterocycles. The normalized spacial score (nSPS) is 36.0. The summed E-state index contributed by atoms with van der Waals surface area (Å²) in [5, 5.41) is 3.20. The third kappa shape index (κ3) is 1.60. The van der Waals surface area contributed by atoms with Crippen molar-refractivity contribution in [3.8, 4) is 0 Å². The summed E-state index contributed by atoms with van der Waals surface area (Å²) in [5.74, 6) is 1.41. The first-order valence-corrected chi connectivity index (χ1v) is 4.62. The Morgan fingerprint density at radius 3 is 2.92 bits per heavy atom. The summed E-state index contributed by atoms with van der Waals surface area (Å²) >= 11 is 0. The summed E-state index contributed by atoms with van der Waals surface area (Å²) < 4.78 is 0. The Labute approximate surface area is 73.9 Å². The zero-order chi connectivity index (χ0) is 8.23. The van der Waals surface area contributed by atoms with Gasteiger partial charge in [0.05, 0.1) is 6.20 Å². The van der Waals surface area contributed by atoms with Crippen LogP contribution in [-0.4, -0.2) is 6.54 Å². The standard InChI is InChI=1S/C11H14N/c1-2-7-11-9-12-8-4-3-6-10(11)5-1/h1-2,4-5,7,10-12H,3,6,9H2. The van der Waals surface area contributed by atoms with Crippen molar-refractivity contribution in [2.24, 2.45) is 11.8 Å². The van der Waals surface area contributed by atoms with Gasteiger partial charge in [0.1, 0.15) is 0 Å². The molecule has 2 rings (SSSR count). The lowest BCUT2D eigenvalue weighted by Crippen LogP contribution is -2.25. The lowest BCUT2D eigenvalue weighted by atomic mass is 9.84. The molecule has 1 aliphatic carbocycles. The average molecular weight is 160 g/mol. The van der Waals surface area contributed by atoms with Crippen molar-refractivity contribution in [2.75, 3.05) is 6.54 Å². The van der Waals surface area contributed by atoms with E-state index in [4.69, 9.17) is 0 Å². The van der Waals surface area contributed by atoms with Gasteiger partial charge in [0.25, 0.3) is 0 Å². The topological polar surface area (TPSA) is 12.0 Å². The van der Waals surface area contributed by atoms with Crippen molar-refractivity contribution < 1.29 is 0 Å². The molecule has 1 heteroatoms. The largest absolute Gasteiger partial charge is 0.383 e. The highest BCUT2D eigenvalue weighted by molar-refractivity contribution is 5.15. The zero-order valence-corrected chi connectivity index (χ0v) is 7.16. The van der Waals surface area contributed by atoms with Gasteiger partial charge >= 0.3 is 0 Å². The Morgan fingerprint density at radius 2 is 2.00 bits per heavy atom. The Morgan fingerprint density at radius 1 is 1.17 bits per heavy atom. The number of hydrogen-bond acceptors (Lipinski definition) is 1. The summed E-state index contributed by atoms with van der Waals surface area (Å²) in [6, 6.07) is 0. The minimum Gasteiger partial charge on any atom is -0.383 e. The van der Waals surface area contributed by atoms with Crippen LogP contribution in [0.2, 0.25) is 0 Å². The Hall–Kier alpha value is -0.980. The maximum atomic E-state index is 3.20. The molecule has 0 spiro atoms. The number of hydrogen-bond donors (Lipinski definition) is 1. The molecule has 2 atom stereocenters. The fraction of sp³-hybridized carbons (Fsp3) is 0.455. The van der Waals surface area contributed by atoms with E-state index in [0.29, 0.717) is 5.92 Å². The zero-order valence-electron chi connectivity index (χ0n) is 7.16. The van der Waals surface area contributed by atoms with Crippen LogP contribution in [0, 0.1) is 18.0 Å². The highest BCUT2D eigenvalue weighted by Gasteiger charge is 2.17. The molecule has 2 unspecified atom stereocenters. The molecular weight excluding hydrogens is 146 g/mol. The minimum absolute atomic E-state index is 0.677. The van der Waals surface area contributed by atoms with E-state index in [2.05, 4.69) is 41.9 Å². The molecule has 12 heavy (non-hydrogen) atoms. The van der Waals surface area contributed by atoms with Gasteiger partial charge in [-0.15, -0.1) is 0 Å². The highest BCUT2D eigenvalue weighted by Crippen LogP contribution is 2.24. The molecule has 0 amide bonds.